The molecule has 0 spiro atoms. The summed E-state index contributed by atoms with van der Waals surface area (Å²) >= 11 is 0. The van der Waals surface area contributed by atoms with Gasteiger partial charge in [0.1, 0.15) is 5.75 Å². The van der Waals surface area contributed by atoms with Gasteiger partial charge in [-0.05, 0) is 67.7 Å². The van der Waals surface area contributed by atoms with E-state index in [1.54, 1.807) is 0 Å². The topological polar surface area (TPSA) is 41.6 Å². The summed E-state index contributed by atoms with van der Waals surface area (Å²) in [7, 11) is 0. The summed E-state index contributed by atoms with van der Waals surface area (Å²) in [6.07, 6.45) is 3.59. The lowest BCUT2D eigenvalue weighted by atomic mass is 9.99. The maximum absolute atomic E-state index is 11.9. The molecule has 0 saturated carbocycles. The van der Waals surface area contributed by atoms with Crippen LogP contribution < -0.4 is 10.1 Å². The average Bonchev–Trinajstić information content (AvgIpc) is 2.65. The van der Waals surface area contributed by atoms with Crippen molar-refractivity contribution in [3.8, 4) is 5.75 Å². The highest BCUT2D eigenvalue weighted by Gasteiger charge is 2.14. The molecule has 0 unspecified atom stereocenters. The Balaban J connectivity index is 1.33. The molecule has 134 valence electrons. The van der Waals surface area contributed by atoms with Gasteiger partial charge in [0.05, 0.1) is 0 Å². The first-order valence-corrected chi connectivity index (χ1v) is 9.31. The fraction of sp³-hybridized carbons (Fsp3) is 0.476. The minimum Gasteiger partial charge on any atom is -0.484 e. The third kappa shape index (κ3) is 5.46. The molecule has 1 amide bonds. The highest BCUT2D eigenvalue weighted by molar-refractivity contribution is 5.84. The number of fused-ring (bicyclic) bond motifs is 1. The Morgan fingerprint density at radius 2 is 1.92 bits per heavy atom. The summed E-state index contributed by atoms with van der Waals surface area (Å²) in [4.78, 5) is 14.4. The van der Waals surface area contributed by atoms with Gasteiger partial charge >= 0.3 is 0 Å². The minimum absolute atomic E-state index is 0.0552. The second-order valence-corrected chi connectivity index (χ2v) is 7.03. The predicted octanol–water partition coefficient (Wildman–Crippen LogP) is 3.46. The third-order valence-electron chi connectivity index (χ3n) is 4.94. The number of ether oxygens (including phenoxy) is 1. The van der Waals surface area contributed by atoms with E-state index in [1.807, 2.05) is 36.4 Å². The molecule has 1 saturated heterocycles. The summed E-state index contributed by atoms with van der Waals surface area (Å²) in [5.74, 6) is 1.54. The van der Waals surface area contributed by atoms with Gasteiger partial charge in [-0.25, -0.2) is 0 Å². The van der Waals surface area contributed by atoms with Crippen molar-refractivity contribution in [1.29, 1.82) is 0 Å². The van der Waals surface area contributed by atoms with Crippen molar-refractivity contribution in [3.63, 3.8) is 0 Å². The van der Waals surface area contributed by atoms with Gasteiger partial charge in [-0.3, -0.25) is 4.79 Å². The van der Waals surface area contributed by atoms with Crippen molar-refractivity contribution < 1.29 is 9.53 Å². The molecule has 0 atom stereocenters. The van der Waals surface area contributed by atoms with Crippen LogP contribution in [0.2, 0.25) is 0 Å². The van der Waals surface area contributed by atoms with Crippen molar-refractivity contribution >= 4 is 16.7 Å². The molecule has 0 bridgehead atoms. The molecule has 1 heterocycles. The summed E-state index contributed by atoms with van der Waals surface area (Å²) in [6.45, 7) is 6.57. The zero-order valence-electron chi connectivity index (χ0n) is 15.0. The number of nitrogens with one attached hydrogen (secondary N) is 1. The van der Waals surface area contributed by atoms with Gasteiger partial charge in [0, 0.05) is 6.54 Å². The molecule has 3 rings (SSSR count). The predicted molar refractivity (Wildman–Crippen MR) is 102 cm³/mol. The molecule has 0 aromatic heterocycles. The van der Waals surface area contributed by atoms with Crippen LogP contribution in [0.1, 0.15) is 26.2 Å². The van der Waals surface area contributed by atoms with Crippen LogP contribution in [0.4, 0.5) is 0 Å². The van der Waals surface area contributed by atoms with Crippen LogP contribution in [-0.4, -0.2) is 43.6 Å². The van der Waals surface area contributed by atoms with E-state index in [0.717, 1.165) is 30.0 Å². The highest BCUT2D eigenvalue weighted by Crippen LogP contribution is 2.20. The lowest BCUT2D eigenvalue weighted by Gasteiger charge is -2.30. The second kappa shape index (κ2) is 8.86. The summed E-state index contributed by atoms with van der Waals surface area (Å²) < 4.78 is 5.61. The smallest absolute Gasteiger partial charge is 0.257 e. The largest absolute Gasteiger partial charge is 0.484 e. The van der Waals surface area contributed by atoms with Gasteiger partial charge in [0.15, 0.2) is 6.61 Å². The van der Waals surface area contributed by atoms with Crippen LogP contribution in [0.3, 0.4) is 0 Å². The Morgan fingerprint density at radius 1 is 1.16 bits per heavy atom. The van der Waals surface area contributed by atoms with Crippen LogP contribution in [0, 0.1) is 5.92 Å². The molecule has 25 heavy (non-hydrogen) atoms. The zero-order chi connectivity index (χ0) is 17.5. The fourth-order valence-corrected chi connectivity index (χ4v) is 3.27. The first-order chi connectivity index (χ1) is 12.2. The Kier molecular flexibility index (Phi) is 6.29. The minimum atomic E-state index is -0.0552. The van der Waals surface area contributed by atoms with Gasteiger partial charge < -0.3 is 15.0 Å². The molecule has 4 heteroatoms. The van der Waals surface area contributed by atoms with Gasteiger partial charge in [0.2, 0.25) is 0 Å². The van der Waals surface area contributed by atoms with E-state index in [9.17, 15) is 4.79 Å². The van der Waals surface area contributed by atoms with Crippen LogP contribution in [0.25, 0.3) is 10.8 Å². The van der Waals surface area contributed by atoms with E-state index in [2.05, 4.69) is 23.2 Å². The average molecular weight is 340 g/mol. The Labute approximate surface area is 150 Å². The quantitative estimate of drug-likeness (QED) is 0.785. The standard InChI is InChI=1S/C21H28N2O2/c1-17-9-13-23(14-10-17)12-4-11-22-21(24)16-25-20-8-7-18-5-2-3-6-19(18)15-20/h2-3,5-8,15,17H,4,9-14,16H2,1H3,(H,22,24). The number of piperidine rings is 1. The fourth-order valence-electron chi connectivity index (χ4n) is 3.27. The number of nitrogens with zero attached hydrogens (tertiary/aromatic N) is 1. The van der Waals surface area contributed by atoms with Gasteiger partial charge in [-0.2, -0.15) is 0 Å². The highest BCUT2D eigenvalue weighted by atomic mass is 16.5. The number of amides is 1. The van der Waals surface area contributed by atoms with Crippen molar-refractivity contribution in [1.82, 2.24) is 10.2 Å². The lowest BCUT2D eigenvalue weighted by molar-refractivity contribution is -0.123. The third-order valence-corrected chi connectivity index (χ3v) is 4.94. The Hall–Kier alpha value is -2.07. The zero-order valence-corrected chi connectivity index (χ0v) is 15.0. The van der Waals surface area contributed by atoms with Gasteiger partial charge in [-0.15, -0.1) is 0 Å². The molecule has 4 nitrogen and oxygen atoms in total. The van der Waals surface area contributed by atoms with Gasteiger partial charge in [-0.1, -0.05) is 37.3 Å². The molecular weight excluding hydrogens is 312 g/mol. The maximum atomic E-state index is 11.9. The molecule has 0 aliphatic carbocycles. The Bertz CT molecular complexity index is 693. The summed E-state index contributed by atoms with van der Waals surface area (Å²) in [5.41, 5.74) is 0. The first-order valence-electron chi connectivity index (χ1n) is 9.31. The number of benzene rings is 2. The van der Waals surface area contributed by atoms with Crippen molar-refractivity contribution in [2.75, 3.05) is 32.8 Å². The van der Waals surface area contributed by atoms with E-state index < -0.39 is 0 Å². The Morgan fingerprint density at radius 3 is 2.72 bits per heavy atom. The number of carbonyl (C=O) groups is 1. The molecule has 1 aliphatic heterocycles. The van der Waals surface area contributed by atoms with E-state index in [4.69, 9.17) is 4.74 Å². The van der Waals surface area contributed by atoms with Crippen LogP contribution >= 0.6 is 0 Å². The van der Waals surface area contributed by atoms with Crippen molar-refractivity contribution in [3.05, 3.63) is 42.5 Å². The monoisotopic (exact) mass is 340 g/mol. The molecule has 0 radical (unpaired) electrons. The van der Waals surface area contributed by atoms with E-state index in [0.29, 0.717) is 6.54 Å². The molecule has 1 aliphatic rings. The second-order valence-electron chi connectivity index (χ2n) is 7.03. The normalized spacial score (nSPS) is 16.0. The van der Waals surface area contributed by atoms with Gasteiger partial charge in [0.25, 0.3) is 5.91 Å². The molecule has 2 aromatic rings. The van der Waals surface area contributed by atoms with Crippen LogP contribution in [0.5, 0.6) is 5.75 Å². The molecular formula is C21H28N2O2. The summed E-state index contributed by atoms with van der Waals surface area (Å²) in [6, 6.07) is 14.0. The van der Waals surface area contributed by atoms with Crippen LogP contribution in [-0.2, 0) is 4.79 Å². The van der Waals surface area contributed by atoms with Crippen molar-refractivity contribution in [2.45, 2.75) is 26.2 Å². The molecule has 2 aromatic carbocycles. The number of rotatable bonds is 7. The SMILES string of the molecule is CC1CCN(CCCNC(=O)COc2ccc3ccccc3c2)CC1. The molecule has 1 N–H and O–H groups in total. The number of hydrogen-bond acceptors (Lipinski definition) is 3. The first kappa shape index (κ1) is 17.7. The lowest BCUT2D eigenvalue weighted by Crippen LogP contribution is -2.36. The van der Waals surface area contributed by atoms with E-state index >= 15 is 0 Å². The van der Waals surface area contributed by atoms with Crippen molar-refractivity contribution in [2.24, 2.45) is 5.92 Å². The number of hydrogen-bond donors (Lipinski definition) is 1. The number of likely N-dealkylation sites (tertiary alicyclic amines) is 1. The van der Waals surface area contributed by atoms with E-state index in [1.165, 1.54) is 31.3 Å². The van der Waals surface area contributed by atoms with E-state index in [-0.39, 0.29) is 12.5 Å². The van der Waals surface area contributed by atoms with Crippen LogP contribution in [0.15, 0.2) is 42.5 Å². The maximum Gasteiger partial charge on any atom is 0.257 e. The number of carbonyl (C=O) groups excluding carboxylic acids is 1. The summed E-state index contributed by atoms with van der Waals surface area (Å²) in [5, 5.41) is 5.24. The molecule has 1 fully saturated rings.